The number of hydrogen-bond donors (Lipinski definition) is 1. The molecule has 1 aliphatic rings. The topological polar surface area (TPSA) is 76.1 Å². The highest BCUT2D eigenvalue weighted by Gasteiger charge is 2.28. The smallest absolute Gasteiger partial charge is 0.306 e. The Morgan fingerprint density at radius 1 is 1.11 bits per heavy atom. The molecule has 0 atom stereocenters. The summed E-state index contributed by atoms with van der Waals surface area (Å²) in [4.78, 5) is 25.6. The molecule has 0 spiro atoms. The molecule has 1 aliphatic heterocycles. The van der Waals surface area contributed by atoms with Gasteiger partial charge in [-0.25, -0.2) is 0 Å². The maximum absolute atomic E-state index is 12.8. The quantitative estimate of drug-likeness (QED) is 0.846. The van der Waals surface area contributed by atoms with Crippen LogP contribution in [-0.2, 0) is 11.4 Å². The second-order valence-electron chi connectivity index (χ2n) is 6.54. The molecule has 1 saturated heterocycles. The van der Waals surface area contributed by atoms with Crippen molar-refractivity contribution in [3.63, 3.8) is 0 Å². The van der Waals surface area contributed by atoms with Gasteiger partial charge in [-0.3, -0.25) is 9.59 Å². The van der Waals surface area contributed by atoms with Crippen molar-refractivity contribution in [2.75, 3.05) is 20.2 Å². The molecule has 0 radical (unpaired) electrons. The van der Waals surface area contributed by atoms with Gasteiger partial charge in [0.05, 0.1) is 18.6 Å². The van der Waals surface area contributed by atoms with E-state index in [-0.39, 0.29) is 11.8 Å². The highest BCUT2D eigenvalue weighted by atomic mass is 16.5. The van der Waals surface area contributed by atoms with Gasteiger partial charge in [0.25, 0.3) is 5.91 Å². The zero-order valence-electron chi connectivity index (χ0n) is 15.3. The van der Waals surface area contributed by atoms with Crippen molar-refractivity contribution < 1.29 is 24.2 Å². The molecule has 0 bridgehead atoms. The van der Waals surface area contributed by atoms with E-state index >= 15 is 0 Å². The first-order valence-corrected chi connectivity index (χ1v) is 8.95. The summed E-state index contributed by atoms with van der Waals surface area (Å²) in [6, 6.07) is 15.0. The van der Waals surface area contributed by atoms with Crippen molar-refractivity contribution in [1.29, 1.82) is 0 Å². The summed E-state index contributed by atoms with van der Waals surface area (Å²) in [5, 5.41) is 9.09. The summed E-state index contributed by atoms with van der Waals surface area (Å²) in [6.45, 7) is 1.30. The van der Waals surface area contributed by atoms with Crippen LogP contribution in [0.5, 0.6) is 11.5 Å². The normalized spacial score (nSPS) is 14.6. The third-order valence-electron chi connectivity index (χ3n) is 4.78. The number of benzene rings is 2. The largest absolute Gasteiger partial charge is 0.496 e. The third-order valence-corrected chi connectivity index (χ3v) is 4.78. The van der Waals surface area contributed by atoms with E-state index in [1.165, 1.54) is 7.11 Å². The number of carboxylic acids is 1. The van der Waals surface area contributed by atoms with Crippen molar-refractivity contribution in [1.82, 2.24) is 4.90 Å². The Morgan fingerprint density at radius 3 is 2.44 bits per heavy atom. The van der Waals surface area contributed by atoms with Crippen molar-refractivity contribution in [2.24, 2.45) is 5.92 Å². The van der Waals surface area contributed by atoms with Crippen molar-refractivity contribution >= 4 is 11.9 Å². The third kappa shape index (κ3) is 4.58. The maximum Gasteiger partial charge on any atom is 0.306 e. The predicted octanol–water partition coefficient (Wildman–Crippen LogP) is 3.21. The highest BCUT2D eigenvalue weighted by molar-refractivity contribution is 5.97. The number of rotatable bonds is 6. The SMILES string of the molecule is COc1cc(OCc2ccccc2)ccc1C(=O)N1CCC(C(=O)O)CC1. The summed E-state index contributed by atoms with van der Waals surface area (Å²) < 4.78 is 11.2. The lowest BCUT2D eigenvalue weighted by Crippen LogP contribution is -2.40. The van der Waals surface area contributed by atoms with Gasteiger partial charge in [-0.05, 0) is 30.5 Å². The minimum atomic E-state index is -0.792. The molecule has 27 heavy (non-hydrogen) atoms. The Kier molecular flexibility index (Phi) is 5.96. The first-order valence-electron chi connectivity index (χ1n) is 8.95. The first-order chi connectivity index (χ1) is 13.1. The van der Waals surface area contributed by atoms with Gasteiger partial charge in [-0.1, -0.05) is 30.3 Å². The molecule has 3 rings (SSSR count). The lowest BCUT2D eigenvalue weighted by Gasteiger charge is -2.30. The monoisotopic (exact) mass is 369 g/mol. The number of carboxylic acid groups (broad SMARTS) is 1. The number of carbonyl (C=O) groups is 2. The van der Waals surface area contributed by atoms with E-state index in [0.717, 1.165) is 5.56 Å². The van der Waals surface area contributed by atoms with Gasteiger partial charge in [0.1, 0.15) is 18.1 Å². The number of methoxy groups -OCH3 is 1. The zero-order valence-corrected chi connectivity index (χ0v) is 15.3. The highest BCUT2D eigenvalue weighted by Crippen LogP contribution is 2.28. The van der Waals surface area contributed by atoms with Gasteiger partial charge in [0.2, 0.25) is 0 Å². The minimum Gasteiger partial charge on any atom is -0.496 e. The molecular weight excluding hydrogens is 346 g/mol. The molecule has 0 saturated carbocycles. The van der Waals surface area contributed by atoms with Crippen LogP contribution < -0.4 is 9.47 Å². The summed E-state index contributed by atoms with van der Waals surface area (Å²) in [5.74, 6) is -0.239. The number of piperidine rings is 1. The van der Waals surface area contributed by atoms with Crippen molar-refractivity contribution in [2.45, 2.75) is 19.4 Å². The Hall–Kier alpha value is -3.02. The average Bonchev–Trinajstić information content (AvgIpc) is 2.72. The Bertz CT molecular complexity index is 797. The van der Waals surface area contributed by atoms with Crippen LogP contribution in [-0.4, -0.2) is 42.1 Å². The number of aliphatic carboxylic acids is 1. The minimum absolute atomic E-state index is 0.148. The fraction of sp³-hybridized carbons (Fsp3) is 0.333. The summed E-state index contributed by atoms with van der Waals surface area (Å²) in [5.41, 5.74) is 1.51. The summed E-state index contributed by atoms with van der Waals surface area (Å²) >= 11 is 0. The fourth-order valence-electron chi connectivity index (χ4n) is 3.18. The van der Waals surface area contributed by atoms with Crippen molar-refractivity contribution in [3.05, 3.63) is 59.7 Å². The van der Waals surface area contributed by atoms with Crippen LogP contribution in [0.2, 0.25) is 0 Å². The van der Waals surface area contributed by atoms with Crippen molar-refractivity contribution in [3.8, 4) is 11.5 Å². The second-order valence-corrected chi connectivity index (χ2v) is 6.54. The van der Waals surface area contributed by atoms with Gasteiger partial charge in [-0.2, -0.15) is 0 Å². The Labute approximate surface area is 158 Å². The van der Waals surface area contributed by atoms with E-state index in [1.807, 2.05) is 30.3 Å². The fourth-order valence-corrected chi connectivity index (χ4v) is 3.18. The van der Waals surface area contributed by atoms with E-state index in [1.54, 1.807) is 23.1 Å². The van der Waals surface area contributed by atoms with Crippen LogP contribution in [0.1, 0.15) is 28.8 Å². The van der Waals surface area contributed by atoms with E-state index in [4.69, 9.17) is 14.6 Å². The van der Waals surface area contributed by atoms with Gasteiger partial charge in [-0.15, -0.1) is 0 Å². The average molecular weight is 369 g/mol. The lowest BCUT2D eigenvalue weighted by molar-refractivity contribution is -0.143. The number of nitrogens with zero attached hydrogens (tertiary/aromatic N) is 1. The molecule has 0 aliphatic carbocycles. The van der Waals surface area contributed by atoms with Crippen LogP contribution >= 0.6 is 0 Å². The van der Waals surface area contributed by atoms with E-state index < -0.39 is 5.97 Å². The molecule has 1 heterocycles. The number of carbonyl (C=O) groups excluding carboxylic acids is 1. The van der Waals surface area contributed by atoms with Crippen LogP contribution in [0.4, 0.5) is 0 Å². The van der Waals surface area contributed by atoms with E-state index in [9.17, 15) is 9.59 Å². The molecule has 6 heteroatoms. The van der Waals surface area contributed by atoms with E-state index in [2.05, 4.69) is 0 Å². The molecule has 2 aromatic rings. The summed E-state index contributed by atoms with van der Waals surface area (Å²) in [6.07, 6.45) is 0.948. The standard InChI is InChI=1S/C21H23NO5/c1-26-19-13-17(27-14-15-5-3-2-4-6-15)7-8-18(19)20(23)22-11-9-16(10-12-22)21(24)25/h2-8,13,16H,9-12,14H2,1H3,(H,24,25). The molecule has 1 amide bonds. The molecule has 0 aromatic heterocycles. The molecule has 1 fully saturated rings. The maximum atomic E-state index is 12.8. The predicted molar refractivity (Wildman–Crippen MR) is 100 cm³/mol. The number of ether oxygens (including phenoxy) is 2. The second kappa shape index (κ2) is 8.58. The van der Waals surface area contributed by atoms with Gasteiger partial charge in [0.15, 0.2) is 0 Å². The van der Waals surface area contributed by atoms with Crippen LogP contribution in [0.15, 0.2) is 48.5 Å². The van der Waals surface area contributed by atoms with Crippen LogP contribution in [0.3, 0.4) is 0 Å². The molecule has 142 valence electrons. The molecule has 1 N–H and O–H groups in total. The van der Waals surface area contributed by atoms with Crippen LogP contribution in [0, 0.1) is 5.92 Å². The zero-order chi connectivity index (χ0) is 19.2. The molecular formula is C21H23NO5. The Morgan fingerprint density at radius 2 is 1.81 bits per heavy atom. The first kappa shape index (κ1) is 18.8. The van der Waals surface area contributed by atoms with Gasteiger partial charge in [0, 0.05) is 19.2 Å². The number of amides is 1. The Balaban J connectivity index is 1.67. The lowest BCUT2D eigenvalue weighted by atomic mass is 9.96. The van der Waals surface area contributed by atoms with Crippen LogP contribution in [0.25, 0.3) is 0 Å². The summed E-state index contributed by atoms with van der Waals surface area (Å²) in [7, 11) is 1.52. The van der Waals surface area contributed by atoms with Gasteiger partial charge < -0.3 is 19.5 Å². The molecule has 2 aromatic carbocycles. The number of likely N-dealkylation sites (tertiary alicyclic amines) is 1. The number of hydrogen-bond acceptors (Lipinski definition) is 4. The van der Waals surface area contributed by atoms with E-state index in [0.29, 0.717) is 49.6 Å². The molecule has 6 nitrogen and oxygen atoms in total. The molecule has 0 unspecified atom stereocenters. The van der Waals surface area contributed by atoms with Gasteiger partial charge >= 0.3 is 5.97 Å².